The molecule has 0 amide bonds. The average molecular weight is 275 g/mol. The first-order chi connectivity index (χ1) is 5.77. The number of rotatable bonds is 6. The van der Waals surface area contributed by atoms with E-state index in [0.29, 0.717) is 0 Å². The van der Waals surface area contributed by atoms with E-state index in [9.17, 15) is 13.0 Å². The summed E-state index contributed by atoms with van der Waals surface area (Å²) < 4.78 is 45.7. The Kier molecular flexibility index (Phi) is 9.04. The Morgan fingerprint density at radius 3 is 2.43 bits per heavy atom. The van der Waals surface area contributed by atoms with Crippen molar-refractivity contribution in [3.63, 3.8) is 0 Å². The zero-order valence-electron chi connectivity index (χ0n) is 6.28. The van der Waals surface area contributed by atoms with Gasteiger partial charge >= 0.3 is 56.0 Å². The van der Waals surface area contributed by atoms with Crippen LogP contribution in [-0.2, 0) is 23.6 Å². The van der Waals surface area contributed by atoms with Gasteiger partial charge in [0.05, 0.1) is 0 Å². The molecule has 0 saturated carbocycles. The maximum absolute atomic E-state index is 10.6. The van der Waals surface area contributed by atoms with Crippen LogP contribution >= 0.6 is 7.82 Å². The van der Waals surface area contributed by atoms with Crippen LogP contribution in [0.5, 0.6) is 0 Å². The predicted octanol–water partition coefficient (Wildman–Crippen LogP) is -1.30. The summed E-state index contributed by atoms with van der Waals surface area (Å²) in [5.41, 5.74) is 1.87. The van der Waals surface area contributed by atoms with Crippen LogP contribution in [-0.4, -0.2) is 62.1 Å². The monoisotopic (exact) mass is 275 g/mol. The van der Waals surface area contributed by atoms with E-state index < -0.39 is 18.2 Å². The molecule has 0 aromatic heterocycles. The van der Waals surface area contributed by atoms with Gasteiger partial charge in [-0.3, -0.25) is 4.55 Å². The van der Waals surface area contributed by atoms with E-state index in [0.717, 1.165) is 0 Å². The van der Waals surface area contributed by atoms with Gasteiger partial charge in [-0.05, 0) is 0 Å². The molecule has 14 heavy (non-hydrogen) atoms. The van der Waals surface area contributed by atoms with Crippen molar-refractivity contribution in [2.75, 3.05) is 6.54 Å². The molecule has 0 aliphatic carbocycles. The summed E-state index contributed by atoms with van der Waals surface area (Å²) in [6, 6.07) is 0. The van der Waals surface area contributed by atoms with E-state index in [-0.39, 0.29) is 44.3 Å². The van der Waals surface area contributed by atoms with E-state index in [1.54, 1.807) is 0 Å². The van der Waals surface area contributed by atoms with Gasteiger partial charge in [0.1, 0.15) is 0 Å². The molecule has 82 valence electrons. The van der Waals surface area contributed by atoms with Gasteiger partial charge in [0, 0.05) is 6.54 Å². The summed E-state index contributed by atoms with van der Waals surface area (Å²) in [5, 5.41) is 0. The third-order valence-electron chi connectivity index (χ3n) is 0.596. The standard InChI is InChI=1S/C3H8NO7PS.Ca.2H/c1-2-3-4-10-12(5,6)11-13(7,8)9;;;/h2,4H,1,3H2,(H,5,6)(H,7,8,9);;;. The van der Waals surface area contributed by atoms with Crippen molar-refractivity contribution >= 4 is 56.0 Å². The number of nitrogens with one attached hydrogen (secondary N) is 1. The van der Waals surface area contributed by atoms with Crippen molar-refractivity contribution in [2.45, 2.75) is 0 Å². The molecule has 8 nitrogen and oxygen atoms in total. The van der Waals surface area contributed by atoms with E-state index in [1.165, 1.54) is 6.08 Å². The van der Waals surface area contributed by atoms with Gasteiger partial charge in [-0.25, -0.2) is 4.57 Å². The molecule has 0 heterocycles. The fraction of sp³-hybridized carbons (Fsp3) is 0.333. The topological polar surface area (TPSA) is 122 Å². The second-order valence-electron chi connectivity index (χ2n) is 1.70. The third-order valence-corrected chi connectivity index (χ3v) is 2.46. The van der Waals surface area contributed by atoms with Crippen molar-refractivity contribution in [3.8, 4) is 0 Å². The quantitative estimate of drug-likeness (QED) is 0.136. The second-order valence-corrected chi connectivity index (χ2v) is 4.27. The molecule has 0 rings (SSSR count). The Balaban J connectivity index is 0. The Hall–Kier alpha value is 0.980. The van der Waals surface area contributed by atoms with Gasteiger partial charge in [0.15, 0.2) is 0 Å². The molecule has 0 spiro atoms. The van der Waals surface area contributed by atoms with Crippen molar-refractivity contribution in [3.05, 3.63) is 12.7 Å². The number of hydrogen-bond acceptors (Lipinski definition) is 6. The third kappa shape index (κ3) is 11.1. The molecule has 0 aromatic rings. The first kappa shape index (κ1) is 17.4. The molecule has 0 fully saturated rings. The molecule has 11 heteroatoms. The van der Waals surface area contributed by atoms with Gasteiger partial charge in [-0.1, -0.05) is 6.08 Å². The maximum atomic E-state index is 10.6. The Morgan fingerprint density at radius 1 is 1.57 bits per heavy atom. The molecule has 1 unspecified atom stereocenters. The van der Waals surface area contributed by atoms with Crippen LogP contribution in [0, 0.1) is 0 Å². The second kappa shape index (κ2) is 7.29. The fourth-order valence-corrected chi connectivity index (χ4v) is 1.62. The number of hydroxylamine groups is 1. The van der Waals surface area contributed by atoms with Crippen LogP contribution in [0.4, 0.5) is 0 Å². The zero-order valence-corrected chi connectivity index (χ0v) is 7.99. The molecular formula is C3H10CaNO7PS. The van der Waals surface area contributed by atoms with E-state index in [2.05, 4.69) is 15.2 Å². The minimum atomic E-state index is -5.02. The summed E-state index contributed by atoms with van der Waals surface area (Å²) in [4.78, 5) is 8.55. The zero-order chi connectivity index (χ0) is 10.5. The molecule has 0 saturated heterocycles. The van der Waals surface area contributed by atoms with Crippen molar-refractivity contribution in [2.24, 2.45) is 0 Å². The van der Waals surface area contributed by atoms with Gasteiger partial charge in [0.25, 0.3) is 0 Å². The SMILES string of the molecule is C=CCNOP(=O)(O)OS(=O)(=O)O.[CaH2]. The fourth-order valence-electron chi connectivity index (χ4n) is 0.312. The summed E-state index contributed by atoms with van der Waals surface area (Å²) in [6.07, 6.45) is 1.29. The van der Waals surface area contributed by atoms with Gasteiger partial charge in [-0.15, -0.1) is 10.5 Å². The first-order valence-electron chi connectivity index (χ1n) is 2.80. The average Bonchev–Trinajstić information content (AvgIpc) is 1.81. The van der Waals surface area contributed by atoms with Gasteiger partial charge < -0.3 is 4.89 Å². The van der Waals surface area contributed by atoms with E-state index in [4.69, 9.17) is 9.45 Å². The molecular weight excluding hydrogens is 265 g/mol. The Morgan fingerprint density at radius 2 is 2.07 bits per heavy atom. The van der Waals surface area contributed by atoms with Crippen molar-refractivity contribution < 1.29 is 31.0 Å². The van der Waals surface area contributed by atoms with E-state index >= 15 is 0 Å². The van der Waals surface area contributed by atoms with E-state index in [1.807, 2.05) is 5.48 Å². The molecule has 0 bridgehead atoms. The molecule has 0 aromatic carbocycles. The molecule has 3 N–H and O–H groups in total. The number of hydrogen-bond donors (Lipinski definition) is 3. The Bertz CT molecular complexity index is 315. The summed E-state index contributed by atoms with van der Waals surface area (Å²) in [6.45, 7) is 3.23. The predicted molar refractivity (Wildman–Crippen MR) is 50.3 cm³/mol. The first-order valence-corrected chi connectivity index (χ1v) is 5.67. The molecule has 0 radical (unpaired) electrons. The minimum absolute atomic E-state index is 0. The summed E-state index contributed by atoms with van der Waals surface area (Å²) in [5.74, 6) is 0. The molecule has 1 atom stereocenters. The summed E-state index contributed by atoms with van der Waals surface area (Å²) >= 11 is 0. The summed E-state index contributed by atoms with van der Waals surface area (Å²) in [7, 11) is -9.86. The van der Waals surface area contributed by atoms with Crippen LogP contribution < -0.4 is 5.48 Å². The molecule has 0 aliphatic rings. The van der Waals surface area contributed by atoms with Crippen LogP contribution in [0.15, 0.2) is 12.7 Å². The van der Waals surface area contributed by atoms with Gasteiger partial charge in [0.2, 0.25) is 0 Å². The van der Waals surface area contributed by atoms with Gasteiger partial charge in [-0.2, -0.15) is 18.5 Å². The van der Waals surface area contributed by atoms with Crippen molar-refractivity contribution in [1.82, 2.24) is 5.48 Å². The molecule has 0 aliphatic heterocycles. The number of phosphoric acid groups is 1. The normalized spacial score (nSPS) is 15.3. The van der Waals surface area contributed by atoms with Crippen LogP contribution in [0.2, 0.25) is 0 Å². The van der Waals surface area contributed by atoms with Crippen LogP contribution in [0.25, 0.3) is 0 Å². The van der Waals surface area contributed by atoms with Crippen LogP contribution in [0.1, 0.15) is 0 Å². The van der Waals surface area contributed by atoms with Crippen LogP contribution in [0.3, 0.4) is 0 Å². The Labute approximate surface area is 111 Å². The van der Waals surface area contributed by atoms with Crippen molar-refractivity contribution in [1.29, 1.82) is 0 Å².